The molecule has 34 heavy (non-hydrogen) atoms. The second kappa shape index (κ2) is 8.88. The molecule has 1 aromatic heterocycles. The van der Waals surface area contributed by atoms with Gasteiger partial charge in [0.15, 0.2) is 0 Å². The average Bonchev–Trinajstić information content (AvgIpc) is 2.81. The highest BCUT2D eigenvalue weighted by molar-refractivity contribution is 5.81. The molecule has 0 aliphatic heterocycles. The number of benzene rings is 3. The molecule has 0 amide bonds. The third-order valence-electron chi connectivity index (χ3n) is 7.14. The second-order valence-corrected chi connectivity index (χ2v) is 9.52. The molecule has 0 N–H and O–H groups in total. The molecule has 0 spiro atoms. The van der Waals surface area contributed by atoms with Gasteiger partial charge in [-0.15, -0.1) is 0 Å². The molecule has 0 aliphatic rings. The highest BCUT2D eigenvalue weighted by Crippen LogP contribution is 2.35. The van der Waals surface area contributed by atoms with Crippen molar-refractivity contribution in [1.29, 1.82) is 5.26 Å². The van der Waals surface area contributed by atoms with Gasteiger partial charge in [0, 0.05) is 16.7 Å². The van der Waals surface area contributed by atoms with Crippen molar-refractivity contribution in [1.82, 2.24) is 9.97 Å². The van der Waals surface area contributed by atoms with Crippen molar-refractivity contribution in [2.24, 2.45) is 0 Å². The second-order valence-electron chi connectivity index (χ2n) is 9.52. The van der Waals surface area contributed by atoms with Crippen LogP contribution in [0.4, 0.5) is 0 Å². The van der Waals surface area contributed by atoms with E-state index >= 15 is 0 Å². The van der Waals surface area contributed by atoms with Crippen LogP contribution in [0.15, 0.2) is 42.6 Å². The molecular formula is C31H31N3. The standard InChI is InChI=1S/C31H31N3/c1-17-9-25(10-18(2)23(17)7)30-31(26-11-19(3)24(8)20(4)12-26)34-29(16-33-30)28-14-21(5)27(15-32)13-22(28)6/h9-14,16H,1-8H3. The van der Waals surface area contributed by atoms with Crippen LogP contribution in [-0.4, -0.2) is 9.97 Å². The molecule has 3 nitrogen and oxygen atoms in total. The zero-order chi connectivity index (χ0) is 24.7. The minimum atomic E-state index is 0.696. The molecule has 170 valence electrons. The zero-order valence-electron chi connectivity index (χ0n) is 21.4. The zero-order valence-corrected chi connectivity index (χ0v) is 21.4. The fourth-order valence-corrected chi connectivity index (χ4v) is 4.49. The van der Waals surface area contributed by atoms with Crippen molar-refractivity contribution < 1.29 is 0 Å². The van der Waals surface area contributed by atoms with E-state index in [0.29, 0.717) is 5.56 Å². The maximum absolute atomic E-state index is 9.42. The number of hydrogen-bond acceptors (Lipinski definition) is 3. The lowest BCUT2D eigenvalue weighted by molar-refractivity contribution is 1.18. The quantitative estimate of drug-likeness (QED) is 0.323. The summed E-state index contributed by atoms with van der Waals surface area (Å²) in [5, 5.41) is 9.42. The van der Waals surface area contributed by atoms with Gasteiger partial charge in [-0.1, -0.05) is 0 Å². The third kappa shape index (κ3) is 4.13. The van der Waals surface area contributed by atoms with E-state index in [2.05, 4.69) is 71.9 Å². The SMILES string of the molecule is Cc1cc(-c2cnc(-c3cc(C)c(C)c(C)c3)c(-c3cc(C)c(C)c(C)c3)n2)c(C)cc1C#N. The monoisotopic (exact) mass is 445 g/mol. The number of nitriles is 1. The van der Waals surface area contributed by atoms with E-state index in [-0.39, 0.29) is 0 Å². The van der Waals surface area contributed by atoms with Crippen LogP contribution < -0.4 is 0 Å². The molecule has 0 atom stereocenters. The van der Waals surface area contributed by atoms with Crippen molar-refractivity contribution in [2.45, 2.75) is 55.4 Å². The van der Waals surface area contributed by atoms with Crippen LogP contribution in [0, 0.1) is 66.7 Å². The Bertz CT molecular complexity index is 1440. The molecule has 4 rings (SSSR count). The van der Waals surface area contributed by atoms with Gasteiger partial charge >= 0.3 is 0 Å². The Kier molecular flexibility index (Phi) is 6.11. The highest BCUT2D eigenvalue weighted by Gasteiger charge is 2.17. The predicted octanol–water partition coefficient (Wildman–Crippen LogP) is 7.82. The first-order valence-corrected chi connectivity index (χ1v) is 11.7. The van der Waals surface area contributed by atoms with E-state index in [9.17, 15) is 5.26 Å². The number of nitrogens with zero attached hydrogens (tertiary/aromatic N) is 3. The van der Waals surface area contributed by atoms with Crippen LogP contribution in [0.1, 0.15) is 50.1 Å². The normalized spacial score (nSPS) is 10.9. The van der Waals surface area contributed by atoms with E-state index in [0.717, 1.165) is 44.9 Å². The van der Waals surface area contributed by atoms with E-state index in [1.807, 2.05) is 32.2 Å². The fraction of sp³-hybridized carbons (Fsp3) is 0.258. The van der Waals surface area contributed by atoms with Gasteiger partial charge in [0.05, 0.1) is 34.9 Å². The first-order chi connectivity index (χ1) is 16.1. The summed E-state index contributed by atoms with van der Waals surface area (Å²) in [5.74, 6) is 0. The highest BCUT2D eigenvalue weighted by atomic mass is 14.8. The minimum Gasteiger partial charge on any atom is -0.252 e. The van der Waals surface area contributed by atoms with Gasteiger partial charge < -0.3 is 0 Å². The lowest BCUT2D eigenvalue weighted by atomic mass is 9.93. The summed E-state index contributed by atoms with van der Waals surface area (Å²) in [7, 11) is 0. The van der Waals surface area contributed by atoms with Gasteiger partial charge in [0.1, 0.15) is 0 Å². The summed E-state index contributed by atoms with van der Waals surface area (Å²) in [6, 6.07) is 15.1. The molecule has 4 aromatic rings. The summed E-state index contributed by atoms with van der Waals surface area (Å²) in [6.45, 7) is 16.9. The van der Waals surface area contributed by atoms with Crippen molar-refractivity contribution in [3.05, 3.63) is 92.7 Å². The molecule has 0 saturated heterocycles. The molecular weight excluding hydrogens is 414 g/mol. The first kappa shape index (κ1) is 23.4. The fourth-order valence-electron chi connectivity index (χ4n) is 4.49. The van der Waals surface area contributed by atoms with Gasteiger partial charge in [-0.05, 0) is 136 Å². The van der Waals surface area contributed by atoms with Gasteiger partial charge in [0.2, 0.25) is 0 Å². The predicted molar refractivity (Wildman–Crippen MR) is 141 cm³/mol. The Morgan fingerprint density at radius 2 is 1.09 bits per heavy atom. The largest absolute Gasteiger partial charge is 0.252 e. The van der Waals surface area contributed by atoms with Gasteiger partial charge in [-0.25, -0.2) is 4.98 Å². The van der Waals surface area contributed by atoms with Crippen LogP contribution in [0.3, 0.4) is 0 Å². The Hall–Kier alpha value is -3.77. The molecule has 0 radical (unpaired) electrons. The Labute approximate surface area is 203 Å². The van der Waals surface area contributed by atoms with Crippen LogP contribution in [-0.2, 0) is 0 Å². The van der Waals surface area contributed by atoms with Gasteiger partial charge in [0.25, 0.3) is 0 Å². The van der Waals surface area contributed by atoms with Crippen molar-refractivity contribution in [3.63, 3.8) is 0 Å². The molecule has 0 aliphatic carbocycles. The molecule has 3 aromatic carbocycles. The van der Waals surface area contributed by atoms with Crippen LogP contribution in [0.25, 0.3) is 33.8 Å². The van der Waals surface area contributed by atoms with E-state index < -0.39 is 0 Å². The lowest BCUT2D eigenvalue weighted by Gasteiger charge is -2.16. The van der Waals surface area contributed by atoms with E-state index in [4.69, 9.17) is 9.97 Å². The average molecular weight is 446 g/mol. The summed E-state index contributed by atoms with van der Waals surface area (Å²) in [6.07, 6.45) is 1.87. The van der Waals surface area contributed by atoms with Crippen molar-refractivity contribution >= 4 is 0 Å². The van der Waals surface area contributed by atoms with Crippen LogP contribution >= 0.6 is 0 Å². The van der Waals surface area contributed by atoms with Gasteiger partial charge in [-0.3, -0.25) is 4.98 Å². The topological polar surface area (TPSA) is 49.6 Å². The van der Waals surface area contributed by atoms with Gasteiger partial charge in [-0.2, -0.15) is 5.26 Å². The maximum atomic E-state index is 9.42. The number of aromatic nitrogens is 2. The number of hydrogen-bond donors (Lipinski definition) is 0. The Balaban J connectivity index is 2.01. The first-order valence-electron chi connectivity index (χ1n) is 11.7. The van der Waals surface area contributed by atoms with Crippen LogP contribution in [0.5, 0.6) is 0 Å². The lowest BCUT2D eigenvalue weighted by Crippen LogP contribution is -2.00. The number of aryl methyl sites for hydroxylation is 6. The molecule has 0 bridgehead atoms. The summed E-state index contributed by atoms with van der Waals surface area (Å²) in [5.41, 5.74) is 16.0. The molecule has 3 heteroatoms. The molecule has 1 heterocycles. The minimum absolute atomic E-state index is 0.696. The molecule has 0 fully saturated rings. The Morgan fingerprint density at radius 1 is 0.588 bits per heavy atom. The van der Waals surface area contributed by atoms with E-state index in [1.54, 1.807) is 0 Å². The Morgan fingerprint density at radius 3 is 1.59 bits per heavy atom. The molecule has 0 unspecified atom stereocenters. The summed E-state index contributed by atoms with van der Waals surface area (Å²) >= 11 is 0. The van der Waals surface area contributed by atoms with Crippen molar-refractivity contribution in [2.75, 3.05) is 0 Å². The summed E-state index contributed by atoms with van der Waals surface area (Å²) < 4.78 is 0. The third-order valence-corrected chi connectivity index (χ3v) is 7.14. The molecule has 0 saturated carbocycles. The van der Waals surface area contributed by atoms with Crippen molar-refractivity contribution in [3.8, 4) is 39.8 Å². The smallest absolute Gasteiger partial charge is 0.0994 e. The maximum Gasteiger partial charge on any atom is 0.0994 e. The number of rotatable bonds is 3. The van der Waals surface area contributed by atoms with Crippen LogP contribution in [0.2, 0.25) is 0 Å². The van der Waals surface area contributed by atoms with E-state index in [1.165, 1.54) is 33.4 Å². The summed E-state index contributed by atoms with van der Waals surface area (Å²) in [4.78, 5) is 10.2.